The molecule has 8 nitrogen and oxygen atoms in total. The van der Waals surface area contributed by atoms with Gasteiger partial charge in [0.25, 0.3) is 5.56 Å². The van der Waals surface area contributed by atoms with Crippen molar-refractivity contribution in [1.29, 1.82) is 0 Å². The Morgan fingerprint density at radius 2 is 1.67 bits per heavy atom. The molecule has 2 aliphatic rings. The number of aromatic amines is 2. The molecule has 0 aliphatic carbocycles. The molecular formula is C27H32ClN7O. The summed E-state index contributed by atoms with van der Waals surface area (Å²) in [5, 5.41) is 5.24. The molecule has 3 N–H and O–H groups in total. The van der Waals surface area contributed by atoms with E-state index < -0.39 is 0 Å². The average Bonchev–Trinajstić information content (AvgIpc) is 3.29. The van der Waals surface area contributed by atoms with Crippen LogP contribution in [0, 0.1) is 0 Å². The quantitative estimate of drug-likeness (QED) is 0.389. The largest absolute Gasteiger partial charge is 0.381 e. The van der Waals surface area contributed by atoms with E-state index in [0.29, 0.717) is 16.4 Å². The van der Waals surface area contributed by atoms with Crippen LogP contribution in [0.4, 0.5) is 11.4 Å². The standard InChI is InChI=1S/C27H32ClN7O/c1-33-9-7-18(8-10-33)29-25-20-15-17(28)3-5-21(20)32-27(36)24(25)26-30-22-6-4-19(16-23(22)31-26)35-13-11-34(2)12-14-35/h3-6,15-16,18H,7-14H2,1-2H3,(H,30,31)(H2,29,32,36). The normalized spacial score (nSPS) is 18.4. The Bertz CT molecular complexity index is 1460. The van der Waals surface area contributed by atoms with Crippen LogP contribution < -0.4 is 15.8 Å². The van der Waals surface area contributed by atoms with Crippen molar-refractivity contribution in [2.75, 3.05) is 63.6 Å². The number of H-pyrrole nitrogens is 2. The first-order valence-corrected chi connectivity index (χ1v) is 13.1. The minimum atomic E-state index is -0.168. The van der Waals surface area contributed by atoms with Crippen molar-refractivity contribution in [3.8, 4) is 11.4 Å². The van der Waals surface area contributed by atoms with Gasteiger partial charge in [-0.2, -0.15) is 0 Å². The van der Waals surface area contributed by atoms with Gasteiger partial charge in [0.2, 0.25) is 0 Å². The number of likely N-dealkylation sites (N-methyl/N-ethyl adjacent to an activating group) is 1. The number of fused-ring (bicyclic) bond motifs is 2. The number of piperazine rings is 1. The van der Waals surface area contributed by atoms with E-state index >= 15 is 0 Å². The maximum atomic E-state index is 13.4. The second-order valence-electron chi connectivity index (χ2n) is 10.2. The van der Waals surface area contributed by atoms with Crippen molar-refractivity contribution in [1.82, 2.24) is 24.8 Å². The summed E-state index contributed by atoms with van der Waals surface area (Å²) in [5.74, 6) is 0.569. The van der Waals surface area contributed by atoms with E-state index in [9.17, 15) is 4.79 Å². The molecule has 188 valence electrons. The smallest absolute Gasteiger partial charge is 0.261 e. The van der Waals surface area contributed by atoms with Crippen LogP contribution in [0.15, 0.2) is 41.2 Å². The second kappa shape index (κ2) is 9.42. The number of piperidine rings is 1. The third kappa shape index (κ3) is 4.45. The SMILES string of the molecule is CN1CCC(Nc2c(-c3nc4ccc(N5CCN(C)CC5)cc4[nH]3)c(=O)[nH]c3ccc(Cl)cc23)CC1. The van der Waals surface area contributed by atoms with Crippen LogP contribution in [-0.2, 0) is 0 Å². The van der Waals surface area contributed by atoms with E-state index in [1.807, 2.05) is 18.2 Å². The van der Waals surface area contributed by atoms with E-state index in [4.69, 9.17) is 16.6 Å². The second-order valence-corrected chi connectivity index (χ2v) is 10.6. The van der Waals surface area contributed by atoms with Crippen LogP contribution in [0.3, 0.4) is 0 Å². The Hall–Kier alpha value is -3.07. The lowest BCUT2D eigenvalue weighted by Crippen LogP contribution is -2.44. The molecule has 2 fully saturated rings. The number of hydrogen-bond acceptors (Lipinski definition) is 6. The van der Waals surface area contributed by atoms with E-state index in [1.54, 1.807) is 6.07 Å². The summed E-state index contributed by atoms with van der Waals surface area (Å²) in [7, 11) is 4.31. The Balaban J connectivity index is 1.43. The van der Waals surface area contributed by atoms with Crippen molar-refractivity contribution in [3.05, 3.63) is 51.8 Å². The lowest BCUT2D eigenvalue weighted by molar-refractivity contribution is 0.264. The fourth-order valence-corrected chi connectivity index (χ4v) is 5.55. The first-order chi connectivity index (χ1) is 17.4. The Morgan fingerprint density at radius 1 is 0.917 bits per heavy atom. The minimum Gasteiger partial charge on any atom is -0.381 e. The molecular weight excluding hydrogens is 474 g/mol. The lowest BCUT2D eigenvalue weighted by atomic mass is 10.0. The predicted octanol–water partition coefficient (Wildman–Crippen LogP) is 3.98. The van der Waals surface area contributed by atoms with Gasteiger partial charge in [-0.05, 0) is 76.4 Å². The summed E-state index contributed by atoms with van der Waals surface area (Å²) in [5.41, 5.74) is 4.87. The number of likely N-dealkylation sites (tertiary alicyclic amines) is 1. The predicted molar refractivity (Wildman–Crippen MR) is 149 cm³/mol. The zero-order chi connectivity index (χ0) is 24.8. The van der Waals surface area contributed by atoms with Crippen molar-refractivity contribution < 1.29 is 0 Å². The Kier molecular flexibility index (Phi) is 6.11. The van der Waals surface area contributed by atoms with Crippen LogP contribution in [0.5, 0.6) is 0 Å². The maximum Gasteiger partial charge on any atom is 0.261 e. The molecule has 0 atom stereocenters. The van der Waals surface area contributed by atoms with Gasteiger partial charge in [0.1, 0.15) is 11.4 Å². The number of imidazole rings is 1. The van der Waals surface area contributed by atoms with Gasteiger partial charge in [-0.1, -0.05) is 11.6 Å². The van der Waals surface area contributed by atoms with Gasteiger partial charge in [-0.15, -0.1) is 0 Å². The molecule has 2 aromatic heterocycles. The topological polar surface area (TPSA) is 83.3 Å². The molecule has 0 bridgehead atoms. The molecule has 2 aromatic carbocycles. The molecule has 2 saturated heterocycles. The molecule has 0 unspecified atom stereocenters. The first-order valence-electron chi connectivity index (χ1n) is 12.7. The first kappa shape index (κ1) is 23.3. The highest BCUT2D eigenvalue weighted by Crippen LogP contribution is 2.34. The molecule has 0 spiro atoms. The fraction of sp³-hybridized carbons (Fsp3) is 0.407. The number of aromatic nitrogens is 3. The van der Waals surface area contributed by atoms with E-state index in [1.165, 1.54) is 5.69 Å². The van der Waals surface area contributed by atoms with E-state index in [2.05, 4.69) is 56.2 Å². The van der Waals surface area contributed by atoms with Crippen LogP contribution in [0.2, 0.25) is 5.02 Å². The Labute approximate surface area is 215 Å². The molecule has 36 heavy (non-hydrogen) atoms. The van der Waals surface area contributed by atoms with Crippen molar-refractivity contribution in [2.45, 2.75) is 18.9 Å². The monoisotopic (exact) mass is 505 g/mol. The summed E-state index contributed by atoms with van der Waals surface area (Å²) < 4.78 is 0. The van der Waals surface area contributed by atoms with Crippen LogP contribution in [0.1, 0.15) is 12.8 Å². The van der Waals surface area contributed by atoms with Gasteiger partial charge in [0.05, 0.1) is 22.2 Å². The fourth-order valence-electron chi connectivity index (χ4n) is 5.38. The summed E-state index contributed by atoms with van der Waals surface area (Å²) in [4.78, 5) is 31.9. The molecule has 2 aliphatic heterocycles. The van der Waals surface area contributed by atoms with E-state index in [0.717, 1.165) is 79.7 Å². The summed E-state index contributed by atoms with van der Waals surface area (Å²) >= 11 is 6.40. The van der Waals surface area contributed by atoms with Gasteiger partial charge in [0.15, 0.2) is 0 Å². The third-order valence-corrected chi connectivity index (χ3v) is 7.85. The number of anilines is 2. The number of hydrogen-bond donors (Lipinski definition) is 3. The zero-order valence-corrected chi connectivity index (χ0v) is 21.5. The highest BCUT2D eigenvalue weighted by atomic mass is 35.5. The van der Waals surface area contributed by atoms with Gasteiger partial charge in [0, 0.05) is 48.3 Å². The minimum absolute atomic E-state index is 0.168. The van der Waals surface area contributed by atoms with Crippen LogP contribution >= 0.6 is 11.6 Å². The Morgan fingerprint density at radius 3 is 2.44 bits per heavy atom. The summed E-state index contributed by atoms with van der Waals surface area (Å²) in [6, 6.07) is 12.2. The third-order valence-electron chi connectivity index (χ3n) is 7.61. The summed E-state index contributed by atoms with van der Waals surface area (Å²) in [6.45, 7) is 6.14. The number of pyridine rings is 1. The number of nitrogens with zero attached hydrogens (tertiary/aromatic N) is 4. The summed E-state index contributed by atoms with van der Waals surface area (Å²) in [6.07, 6.45) is 2.03. The van der Waals surface area contributed by atoms with Crippen molar-refractivity contribution in [2.24, 2.45) is 0 Å². The highest BCUT2D eigenvalue weighted by molar-refractivity contribution is 6.31. The maximum absolute atomic E-state index is 13.4. The number of benzene rings is 2. The van der Waals surface area contributed by atoms with Gasteiger partial charge in [-0.3, -0.25) is 4.79 Å². The molecule has 9 heteroatoms. The van der Waals surface area contributed by atoms with E-state index in [-0.39, 0.29) is 11.6 Å². The number of rotatable bonds is 4. The van der Waals surface area contributed by atoms with Crippen LogP contribution in [0.25, 0.3) is 33.3 Å². The van der Waals surface area contributed by atoms with Gasteiger partial charge >= 0.3 is 0 Å². The highest BCUT2D eigenvalue weighted by Gasteiger charge is 2.23. The number of nitrogens with one attached hydrogen (secondary N) is 3. The molecule has 4 aromatic rings. The van der Waals surface area contributed by atoms with Gasteiger partial charge in [-0.25, -0.2) is 4.98 Å². The van der Waals surface area contributed by atoms with Crippen molar-refractivity contribution in [3.63, 3.8) is 0 Å². The van der Waals surface area contributed by atoms with Crippen LogP contribution in [-0.4, -0.2) is 84.2 Å². The van der Waals surface area contributed by atoms with Crippen molar-refractivity contribution >= 4 is 44.9 Å². The molecule has 0 amide bonds. The number of halogens is 1. The zero-order valence-electron chi connectivity index (χ0n) is 20.8. The molecule has 6 rings (SSSR count). The molecule has 0 saturated carbocycles. The molecule has 0 radical (unpaired) electrons. The lowest BCUT2D eigenvalue weighted by Gasteiger charge is -2.34. The van der Waals surface area contributed by atoms with Gasteiger partial charge < -0.3 is 30.0 Å². The average molecular weight is 506 g/mol. The molecule has 4 heterocycles.